The first-order valence-electron chi connectivity index (χ1n) is 5.87. The largest absolute Gasteiger partial charge is 0.347 e. The van der Waals surface area contributed by atoms with Gasteiger partial charge in [-0.25, -0.2) is 0 Å². The van der Waals surface area contributed by atoms with Crippen LogP contribution in [0.3, 0.4) is 0 Å². The van der Waals surface area contributed by atoms with Crippen LogP contribution in [0.4, 0.5) is 0 Å². The molecule has 3 nitrogen and oxygen atoms in total. The summed E-state index contributed by atoms with van der Waals surface area (Å²) in [5.41, 5.74) is 1.96. The van der Waals surface area contributed by atoms with E-state index in [0.29, 0.717) is 12.6 Å². The number of aromatic nitrogens is 1. The minimum absolute atomic E-state index is 0.0000926. The monoisotopic (exact) mass is 296 g/mol. The Balaban J connectivity index is 2.05. The Bertz CT molecular complexity index is 454. The molecule has 1 aliphatic rings. The molecule has 1 aromatic rings. The molecule has 2 rings (SSSR count). The molecule has 17 heavy (non-hydrogen) atoms. The van der Waals surface area contributed by atoms with Crippen LogP contribution in [0.1, 0.15) is 43.2 Å². The fourth-order valence-electron chi connectivity index (χ4n) is 1.72. The lowest BCUT2D eigenvalue weighted by Gasteiger charge is -2.07. The third-order valence-electron chi connectivity index (χ3n) is 2.76. The van der Waals surface area contributed by atoms with Crippen LogP contribution in [0.2, 0.25) is 0 Å². The summed E-state index contributed by atoms with van der Waals surface area (Å²) in [4.78, 5) is 12.0. The maximum atomic E-state index is 12.0. The van der Waals surface area contributed by atoms with Crippen molar-refractivity contribution in [2.75, 3.05) is 6.54 Å². The molecule has 0 atom stereocenters. The fourth-order valence-corrected chi connectivity index (χ4v) is 2.16. The van der Waals surface area contributed by atoms with Gasteiger partial charge >= 0.3 is 0 Å². The number of rotatable bonds is 4. The van der Waals surface area contributed by atoms with Crippen LogP contribution < -0.4 is 5.32 Å². The molecule has 1 aliphatic carbocycles. The Labute approximate surface area is 110 Å². The number of halogens is 1. The van der Waals surface area contributed by atoms with Crippen molar-refractivity contribution in [1.82, 2.24) is 9.88 Å². The topological polar surface area (TPSA) is 34.0 Å². The molecule has 1 N–H and O–H groups in total. The van der Waals surface area contributed by atoms with Crippen LogP contribution in [0.15, 0.2) is 28.4 Å². The van der Waals surface area contributed by atoms with Gasteiger partial charge < -0.3 is 9.88 Å². The molecular formula is C13H17BrN2O. The van der Waals surface area contributed by atoms with Crippen molar-refractivity contribution in [2.45, 2.75) is 32.7 Å². The zero-order valence-electron chi connectivity index (χ0n) is 10.2. The van der Waals surface area contributed by atoms with Gasteiger partial charge in [0.05, 0.1) is 0 Å². The van der Waals surface area contributed by atoms with Gasteiger partial charge in [0.15, 0.2) is 0 Å². The number of hydrogen-bond acceptors (Lipinski definition) is 1. The first-order valence-corrected chi connectivity index (χ1v) is 6.66. The predicted molar refractivity (Wildman–Crippen MR) is 72.2 cm³/mol. The van der Waals surface area contributed by atoms with Gasteiger partial charge in [-0.3, -0.25) is 4.79 Å². The number of allylic oxidation sites excluding steroid dienone is 1. The second kappa shape index (κ2) is 5.08. The average molecular weight is 297 g/mol. The Hall–Kier alpha value is -1.03. The predicted octanol–water partition coefficient (Wildman–Crippen LogP) is 3.28. The minimum Gasteiger partial charge on any atom is -0.347 e. The van der Waals surface area contributed by atoms with Gasteiger partial charge in [-0.1, -0.05) is 11.6 Å². The summed E-state index contributed by atoms with van der Waals surface area (Å²) >= 11 is 3.43. The third-order valence-corrected chi connectivity index (χ3v) is 3.19. The summed E-state index contributed by atoms with van der Waals surface area (Å²) in [5.74, 6) is 0.0000926. The van der Waals surface area contributed by atoms with Crippen molar-refractivity contribution in [3.63, 3.8) is 0 Å². The Morgan fingerprint density at radius 2 is 2.29 bits per heavy atom. The second-order valence-electron chi connectivity index (χ2n) is 4.67. The van der Waals surface area contributed by atoms with E-state index in [1.54, 1.807) is 0 Å². The SMILES string of the molecule is CC(C)=CCNC(=O)c1cc(Br)cn1C1CC1. The lowest BCUT2D eigenvalue weighted by Crippen LogP contribution is -2.25. The molecule has 0 unspecified atom stereocenters. The van der Waals surface area contributed by atoms with Gasteiger partial charge in [0.25, 0.3) is 5.91 Å². The van der Waals surface area contributed by atoms with Crippen molar-refractivity contribution in [1.29, 1.82) is 0 Å². The second-order valence-corrected chi connectivity index (χ2v) is 5.59. The van der Waals surface area contributed by atoms with Crippen LogP contribution in [-0.4, -0.2) is 17.0 Å². The number of carbonyl (C=O) groups excluding carboxylic acids is 1. The highest BCUT2D eigenvalue weighted by molar-refractivity contribution is 9.10. The highest BCUT2D eigenvalue weighted by atomic mass is 79.9. The summed E-state index contributed by atoms with van der Waals surface area (Å²) in [6.07, 6.45) is 6.36. The van der Waals surface area contributed by atoms with Crippen molar-refractivity contribution >= 4 is 21.8 Å². The van der Waals surface area contributed by atoms with Crippen molar-refractivity contribution in [2.24, 2.45) is 0 Å². The van der Waals surface area contributed by atoms with E-state index in [0.717, 1.165) is 10.2 Å². The van der Waals surface area contributed by atoms with Crippen LogP contribution in [0.25, 0.3) is 0 Å². The lowest BCUT2D eigenvalue weighted by molar-refractivity contribution is 0.0948. The van der Waals surface area contributed by atoms with Crippen LogP contribution >= 0.6 is 15.9 Å². The smallest absolute Gasteiger partial charge is 0.268 e. The summed E-state index contributed by atoms with van der Waals surface area (Å²) in [6, 6.07) is 2.40. The number of hydrogen-bond donors (Lipinski definition) is 1. The van der Waals surface area contributed by atoms with Crippen molar-refractivity contribution < 1.29 is 4.79 Å². The van der Waals surface area contributed by atoms with Gasteiger partial charge in [0.1, 0.15) is 5.69 Å². The first-order chi connectivity index (χ1) is 8.08. The van der Waals surface area contributed by atoms with E-state index >= 15 is 0 Å². The van der Waals surface area contributed by atoms with Gasteiger partial charge in [-0.05, 0) is 48.7 Å². The minimum atomic E-state index is 0.0000926. The van der Waals surface area contributed by atoms with Crippen LogP contribution in [0, 0.1) is 0 Å². The molecule has 0 radical (unpaired) electrons. The maximum absolute atomic E-state index is 12.0. The molecule has 92 valence electrons. The lowest BCUT2D eigenvalue weighted by atomic mass is 10.3. The molecule has 1 amide bonds. The van der Waals surface area contributed by atoms with Crippen molar-refractivity contribution in [3.05, 3.63) is 34.1 Å². The van der Waals surface area contributed by atoms with Gasteiger partial charge in [0.2, 0.25) is 0 Å². The summed E-state index contributed by atoms with van der Waals surface area (Å²) in [7, 11) is 0. The highest BCUT2D eigenvalue weighted by Crippen LogP contribution is 2.37. The highest BCUT2D eigenvalue weighted by Gasteiger charge is 2.27. The molecule has 0 aliphatic heterocycles. The Kier molecular flexibility index (Phi) is 3.72. The van der Waals surface area contributed by atoms with E-state index in [1.165, 1.54) is 18.4 Å². The first kappa shape index (κ1) is 12.4. The number of nitrogens with one attached hydrogen (secondary N) is 1. The van der Waals surface area contributed by atoms with E-state index in [1.807, 2.05) is 32.2 Å². The zero-order chi connectivity index (χ0) is 12.4. The van der Waals surface area contributed by atoms with Gasteiger partial charge in [-0.15, -0.1) is 0 Å². The molecule has 1 fully saturated rings. The van der Waals surface area contributed by atoms with E-state index in [9.17, 15) is 4.79 Å². The van der Waals surface area contributed by atoms with Gasteiger partial charge in [-0.2, -0.15) is 0 Å². The maximum Gasteiger partial charge on any atom is 0.268 e. The van der Waals surface area contributed by atoms with Gasteiger partial charge in [0, 0.05) is 23.3 Å². The molecule has 4 heteroatoms. The van der Waals surface area contributed by atoms with E-state index < -0.39 is 0 Å². The molecule has 0 aromatic carbocycles. The molecule has 0 spiro atoms. The number of amides is 1. The Morgan fingerprint density at radius 1 is 1.59 bits per heavy atom. The standard InChI is InChI=1S/C13H17BrN2O/c1-9(2)5-6-15-13(17)12-7-10(14)8-16(12)11-3-4-11/h5,7-8,11H,3-4,6H2,1-2H3,(H,15,17). The summed E-state index contributed by atoms with van der Waals surface area (Å²) in [5, 5.41) is 2.91. The molecule has 1 aromatic heterocycles. The van der Waals surface area contributed by atoms with E-state index in [4.69, 9.17) is 0 Å². The average Bonchev–Trinajstić information content (AvgIpc) is 3.01. The molecule has 0 bridgehead atoms. The quantitative estimate of drug-likeness (QED) is 0.850. The van der Waals surface area contributed by atoms with Crippen LogP contribution in [0.5, 0.6) is 0 Å². The normalized spacial score (nSPS) is 14.5. The van der Waals surface area contributed by atoms with Crippen molar-refractivity contribution in [3.8, 4) is 0 Å². The Morgan fingerprint density at radius 3 is 2.88 bits per heavy atom. The fraction of sp³-hybridized carbons (Fsp3) is 0.462. The zero-order valence-corrected chi connectivity index (χ0v) is 11.8. The number of nitrogens with zero attached hydrogens (tertiary/aromatic N) is 1. The number of carbonyl (C=O) groups is 1. The van der Waals surface area contributed by atoms with E-state index in [2.05, 4.69) is 25.8 Å². The third kappa shape index (κ3) is 3.22. The molecule has 1 heterocycles. The van der Waals surface area contributed by atoms with Crippen LogP contribution in [-0.2, 0) is 0 Å². The summed E-state index contributed by atoms with van der Waals surface area (Å²) in [6.45, 7) is 4.64. The molecule has 1 saturated carbocycles. The molecular weight excluding hydrogens is 280 g/mol. The summed E-state index contributed by atoms with van der Waals surface area (Å²) < 4.78 is 3.04. The van der Waals surface area contributed by atoms with E-state index in [-0.39, 0.29) is 5.91 Å². The molecule has 0 saturated heterocycles.